The fourth-order valence-electron chi connectivity index (χ4n) is 8.93. The summed E-state index contributed by atoms with van der Waals surface area (Å²) in [4.78, 5) is 54.2. The second kappa shape index (κ2) is 21.2. The first kappa shape index (κ1) is 48.5. The van der Waals surface area contributed by atoms with Gasteiger partial charge in [0.05, 0.1) is 21.6 Å². The lowest BCUT2D eigenvalue weighted by Gasteiger charge is -2.38. The number of hydrogen-bond acceptors (Lipinski definition) is 12. The molecule has 69 heavy (non-hydrogen) atoms. The number of piperazine rings is 1. The second-order valence-corrected chi connectivity index (χ2v) is 20.4. The Morgan fingerprint density at radius 3 is 2.54 bits per heavy atom. The summed E-state index contributed by atoms with van der Waals surface area (Å²) in [6.07, 6.45) is 11.0. The van der Waals surface area contributed by atoms with Gasteiger partial charge in [0.2, 0.25) is 5.91 Å². The van der Waals surface area contributed by atoms with Crippen LogP contribution in [0.15, 0.2) is 113 Å². The molecular formula is C49H54ClN11O7S. The van der Waals surface area contributed by atoms with E-state index < -0.39 is 31.4 Å². The number of ether oxygens (including phenoxy) is 1. The van der Waals surface area contributed by atoms with Crippen LogP contribution in [0.4, 0.5) is 17.1 Å². The van der Waals surface area contributed by atoms with Crippen LogP contribution in [0.2, 0.25) is 5.02 Å². The lowest BCUT2D eigenvalue weighted by atomic mass is 9.78. The average molecular weight is 977 g/mol. The quantitative estimate of drug-likeness (QED) is 0.0198. The van der Waals surface area contributed by atoms with Gasteiger partial charge in [-0.1, -0.05) is 54.8 Å². The van der Waals surface area contributed by atoms with Crippen molar-refractivity contribution in [1.29, 1.82) is 0 Å². The number of allylic oxidation sites excluding steroid dienone is 2. The van der Waals surface area contributed by atoms with E-state index in [-0.39, 0.29) is 47.2 Å². The molecule has 3 aliphatic rings. The Morgan fingerprint density at radius 2 is 1.80 bits per heavy atom. The Hall–Kier alpha value is -6.92. The highest BCUT2D eigenvalue weighted by molar-refractivity contribution is 7.90. The summed E-state index contributed by atoms with van der Waals surface area (Å²) in [5, 5.41) is 20.3. The SMILES string of the molecule is CC1(C)C=C(c2ccc(Cl)cc2)C(CN2CCN(c3ccc(C(=O)NS(=O)(=O)c4ccc(NCC5CCN(C(=O)CCCN=[N+]=[N-])CC5)c([N+](=O)[O-])c4)c(Oc4cnc5[nH]ccc5c4)c3)CC2)=CC1. The average Bonchev–Trinajstić information content (AvgIpc) is 3.81. The van der Waals surface area contributed by atoms with Gasteiger partial charge >= 0.3 is 0 Å². The molecule has 2 fully saturated rings. The number of nitro benzene ring substituents is 1. The molecule has 2 aliphatic heterocycles. The van der Waals surface area contributed by atoms with Crippen molar-refractivity contribution < 1.29 is 27.7 Å². The number of nitro groups is 1. The van der Waals surface area contributed by atoms with Gasteiger partial charge in [-0.3, -0.25) is 24.6 Å². The summed E-state index contributed by atoms with van der Waals surface area (Å²) in [6, 6.07) is 20.0. The van der Waals surface area contributed by atoms with Crippen LogP contribution in [-0.4, -0.2) is 104 Å². The molecule has 20 heteroatoms. The fourth-order valence-corrected chi connectivity index (χ4v) is 10.0. The first-order chi connectivity index (χ1) is 33.1. The number of nitrogens with zero attached hydrogens (tertiary/aromatic N) is 8. The molecule has 3 N–H and O–H groups in total. The number of hydrogen-bond donors (Lipinski definition) is 3. The van der Waals surface area contributed by atoms with E-state index in [9.17, 15) is 28.1 Å². The minimum Gasteiger partial charge on any atom is -0.455 e. The standard InChI is InChI=1S/C49H54ClN11O7S/c1-49(2)17-13-36(42(29-49)34-5-7-37(50)8-6-34)32-58-22-24-59(25-23-58)38-9-11-41(45(27-38)68-39-26-35-14-19-52-47(35)54-31-39)48(63)56-69(66,67)40-10-12-43(44(28-40)61(64)65)53-30-33-15-20-60(21-16-33)46(62)4-3-18-55-57-51/h5-14,19,26-29,31,33,53H,3-4,15-18,20-25,30,32H2,1-2H3,(H,52,54)(H,56,63). The summed E-state index contributed by atoms with van der Waals surface area (Å²) in [7, 11) is -4.63. The third-order valence-corrected chi connectivity index (χ3v) is 14.4. The number of piperidine rings is 1. The molecule has 0 radical (unpaired) electrons. The van der Waals surface area contributed by atoms with Crippen molar-refractivity contribution in [2.45, 2.75) is 50.8 Å². The first-order valence-corrected chi connectivity index (χ1v) is 24.8. The van der Waals surface area contributed by atoms with Crippen LogP contribution < -0.4 is 19.7 Å². The van der Waals surface area contributed by atoms with Crippen molar-refractivity contribution in [3.05, 3.63) is 140 Å². The molecule has 18 nitrogen and oxygen atoms in total. The number of benzene rings is 3. The molecule has 0 saturated carbocycles. The molecule has 2 saturated heterocycles. The number of pyridine rings is 1. The normalized spacial score (nSPS) is 16.6. The van der Waals surface area contributed by atoms with Crippen molar-refractivity contribution in [1.82, 2.24) is 24.5 Å². The number of anilines is 2. The van der Waals surface area contributed by atoms with E-state index in [1.165, 1.54) is 35.5 Å². The molecule has 0 atom stereocenters. The Balaban J connectivity index is 0.943. The highest BCUT2D eigenvalue weighted by Gasteiger charge is 2.29. The van der Waals surface area contributed by atoms with Crippen LogP contribution in [0.25, 0.3) is 27.0 Å². The summed E-state index contributed by atoms with van der Waals surface area (Å²) in [6.45, 7) is 9.84. The van der Waals surface area contributed by atoms with Crippen LogP contribution in [0.1, 0.15) is 61.9 Å². The van der Waals surface area contributed by atoms with E-state index >= 15 is 0 Å². The number of nitrogens with one attached hydrogen (secondary N) is 3. The molecule has 2 aromatic heterocycles. The zero-order valence-electron chi connectivity index (χ0n) is 38.4. The van der Waals surface area contributed by atoms with Crippen LogP contribution in [0.5, 0.6) is 11.5 Å². The maximum absolute atomic E-state index is 14.0. The van der Waals surface area contributed by atoms with Crippen molar-refractivity contribution in [3.63, 3.8) is 0 Å². The smallest absolute Gasteiger partial charge is 0.293 e. The first-order valence-electron chi connectivity index (χ1n) is 22.9. The molecule has 360 valence electrons. The van der Waals surface area contributed by atoms with Crippen molar-refractivity contribution in [3.8, 4) is 11.5 Å². The number of sulfonamides is 1. The molecule has 3 aromatic carbocycles. The van der Waals surface area contributed by atoms with Crippen LogP contribution in [0.3, 0.4) is 0 Å². The number of azide groups is 1. The number of rotatable bonds is 17. The van der Waals surface area contributed by atoms with Gasteiger partial charge in [0, 0.05) is 105 Å². The minimum absolute atomic E-state index is 0.0117. The van der Waals surface area contributed by atoms with E-state index in [0.717, 1.165) is 48.8 Å². The van der Waals surface area contributed by atoms with E-state index in [1.807, 2.05) is 18.2 Å². The Labute approximate surface area is 405 Å². The Bertz CT molecular complexity index is 2950. The maximum atomic E-state index is 14.0. The maximum Gasteiger partial charge on any atom is 0.293 e. The van der Waals surface area contributed by atoms with Gasteiger partial charge in [-0.15, -0.1) is 0 Å². The number of halogens is 1. The molecule has 1 aliphatic carbocycles. The van der Waals surface area contributed by atoms with Crippen molar-refractivity contribution >= 4 is 67.1 Å². The monoisotopic (exact) mass is 975 g/mol. The number of carbonyl (C=O) groups is 2. The highest BCUT2D eigenvalue weighted by Crippen LogP contribution is 2.39. The summed E-state index contributed by atoms with van der Waals surface area (Å²) < 4.78 is 36.0. The predicted octanol–water partition coefficient (Wildman–Crippen LogP) is 9.34. The Morgan fingerprint density at radius 1 is 1.03 bits per heavy atom. The Kier molecular flexibility index (Phi) is 14.9. The van der Waals surface area contributed by atoms with Gasteiger partial charge in [-0.2, -0.15) is 0 Å². The lowest BCUT2D eigenvalue weighted by Crippen LogP contribution is -2.47. The van der Waals surface area contributed by atoms with E-state index in [0.29, 0.717) is 68.4 Å². The summed E-state index contributed by atoms with van der Waals surface area (Å²) >= 11 is 6.23. The predicted molar refractivity (Wildman–Crippen MR) is 266 cm³/mol. The molecule has 0 bridgehead atoms. The van der Waals surface area contributed by atoms with Gasteiger partial charge in [0.15, 0.2) is 0 Å². The van der Waals surface area contributed by atoms with Crippen LogP contribution >= 0.6 is 11.6 Å². The zero-order chi connectivity index (χ0) is 48.7. The molecule has 0 unspecified atom stereocenters. The number of likely N-dealkylation sites (tertiary alicyclic amines) is 1. The van der Waals surface area contributed by atoms with Gasteiger partial charge < -0.3 is 24.8 Å². The molecule has 8 rings (SSSR count). The van der Waals surface area contributed by atoms with Crippen molar-refractivity contribution in [2.75, 3.05) is 69.1 Å². The number of aromatic nitrogens is 2. The molecule has 2 amide bonds. The third-order valence-electron chi connectivity index (χ3n) is 12.8. The van der Waals surface area contributed by atoms with E-state index in [2.05, 4.69) is 78.0 Å². The largest absolute Gasteiger partial charge is 0.455 e. The van der Waals surface area contributed by atoms with Crippen molar-refractivity contribution in [2.24, 2.45) is 16.4 Å². The molecule has 4 heterocycles. The second-order valence-electron chi connectivity index (χ2n) is 18.3. The molecule has 5 aromatic rings. The number of H-pyrrole nitrogens is 1. The minimum atomic E-state index is -4.63. The number of aromatic amines is 1. The van der Waals surface area contributed by atoms with Gasteiger partial charge in [0.25, 0.3) is 21.6 Å². The van der Waals surface area contributed by atoms with Crippen LogP contribution in [0, 0.1) is 21.4 Å². The topological polar surface area (TPSA) is 232 Å². The number of amides is 2. The lowest BCUT2D eigenvalue weighted by molar-refractivity contribution is -0.384. The summed E-state index contributed by atoms with van der Waals surface area (Å²) in [5.41, 5.74) is 13.1. The van der Waals surface area contributed by atoms with E-state index in [1.54, 1.807) is 29.3 Å². The molecular weight excluding hydrogens is 922 g/mol. The van der Waals surface area contributed by atoms with Gasteiger partial charge in [0.1, 0.15) is 22.8 Å². The molecule has 0 spiro atoms. The fraction of sp³-hybridized carbons (Fsp3) is 0.367. The van der Waals surface area contributed by atoms with Gasteiger partial charge in [-0.05, 0) is 108 Å². The highest BCUT2D eigenvalue weighted by atomic mass is 35.5. The third kappa shape index (κ3) is 12.0. The zero-order valence-corrected chi connectivity index (χ0v) is 40.0. The summed E-state index contributed by atoms with van der Waals surface area (Å²) in [5.74, 6) is -0.473. The van der Waals surface area contributed by atoms with E-state index in [4.69, 9.17) is 21.9 Å². The number of fused-ring (bicyclic) bond motifs is 1. The number of carbonyl (C=O) groups excluding carboxylic acids is 2. The van der Waals surface area contributed by atoms with Crippen LogP contribution in [-0.2, 0) is 14.8 Å². The van der Waals surface area contributed by atoms with Gasteiger partial charge in [-0.25, -0.2) is 18.1 Å².